The molecule has 7 heteroatoms. The van der Waals surface area contributed by atoms with Gasteiger partial charge in [0.2, 0.25) is 0 Å². The number of fused-ring (bicyclic) bond motifs is 5. The number of aromatic nitrogens is 4. The van der Waals surface area contributed by atoms with Crippen molar-refractivity contribution in [3.05, 3.63) is 65.6 Å². The molecule has 0 atom stereocenters. The Morgan fingerprint density at radius 3 is 2.66 bits per heavy atom. The summed E-state index contributed by atoms with van der Waals surface area (Å²) >= 11 is 6.27. The van der Waals surface area contributed by atoms with E-state index in [1.807, 2.05) is 66.2 Å². The number of aryl methyl sites for hydroxylation is 1. The van der Waals surface area contributed by atoms with Crippen molar-refractivity contribution < 1.29 is 9.53 Å². The van der Waals surface area contributed by atoms with Crippen molar-refractivity contribution >= 4 is 45.3 Å². The van der Waals surface area contributed by atoms with E-state index >= 15 is 0 Å². The summed E-state index contributed by atoms with van der Waals surface area (Å²) in [5, 5.41) is 1.33. The van der Waals surface area contributed by atoms with Gasteiger partial charge in [0.15, 0.2) is 17.0 Å². The fraction of sp³-hybridized carbons (Fsp3) is 0.240. The summed E-state index contributed by atoms with van der Waals surface area (Å²) in [7, 11) is 0. The molecule has 2 aromatic carbocycles. The summed E-state index contributed by atoms with van der Waals surface area (Å²) < 4.78 is 9.83. The fourth-order valence-electron chi connectivity index (χ4n) is 4.09. The van der Waals surface area contributed by atoms with Crippen molar-refractivity contribution in [3.63, 3.8) is 0 Å². The highest BCUT2D eigenvalue weighted by Gasteiger charge is 2.22. The summed E-state index contributed by atoms with van der Waals surface area (Å²) in [6, 6.07) is 15.5. The maximum absolute atomic E-state index is 12.4. The number of esters is 1. The van der Waals surface area contributed by atoms with Gasteiger partial charge in [0.1, 0.15) is 11.2 Å². The maximum Gasteiger partial charge on any atom is 0.311 e. The molecule has 0 aliphatic heterocycles. The van der Waals surface area contributed by atoms with E-state index < -0.39 is 0 Å². The third kappa shape index (κ3) is 3.41. The summed E-state index contributed by atoms with van der Waals surface area (Å²) in [5.74, 6) is 1.09. The van der Waals surface area contributed by atoms with Crippen LogP contribution in [-0.2, 0) is 11.2 Å². The minimum absolute atomic E-state index is 0.274. The number of hydrogen-bond acceptors (Lipinski definition) is 4. The number of ether oxygens (including phenoxy) is 1. The van der Waals surface area contributed by atoms with Crippen LogP contribution in [0.1, 0.15) is 38.9 Å². The monoisotopic (exact) mass is 446 g/mol. The molecule has 0 bridgehead atoms. The van der Waals surface area contributed by atoms with Gasteiger partial charge in [-0.1, -0.05) is 43.6 Å². The highest BCUT2D eigenvalue weighted by molar-refractivity contribution is 6.30. The van der Waals surface area contributed by atoms with Crippen LogP contribution >= 0.6 is 11.6 Å². The van der Waals surface area contributed by atoms with Gasteiger partial charge in [-0.3, -0.25) is 13.8 Å². The molecule has 0 fully saturated rings. The number of carbonyl (C=O) groups excluding carboxylic acids is 1. The second kappa shape index (κ2) is 8.28. The van der Waals surface area contributed by atoms with Gasteiger partial charge in [0, 0.05) is 23.6 Å². The molecule has 0 saturated carbocycles. The maximum atomic E-state index is 12.4. The Balaban J connectivity index is 1.88. The van der Waals surface area contributed by atoms with Crippen LogP contribution in [0.5, 0.6) is 5.75 Å². The number of halogens is 1. The molecule has 6 nitrogen and oxygen atoms in total. The number of benzene rings is 2. The molecule has 5 rings (SSSR count). The average molecular weight is 447 g/mol. The van der Waals surface area contributed by atoms with E-state index in [4.69, 9.17) is 26.3 Å². The minimum atomic E-state index is -0.274. The molecule has 32 heavy (non-hydrogen) atoms. The first-order chi connectivity index (χ1) is 15.6. The van der Waals surface area contributed by atoms with Gasteiger partial charge >= 0.3 is 5.97 Å². The Labute approximate surface area is 190 Å². The lowest BCUT2D eigenvalue weighted by atomic mass is 10.2. The molecule has 3 heterocycles. The van der Waals surface area contributed by atoms with Crippen LogP contribution in [0.25, 0.3) is 33.4 Å². The lowest BCUT2D eigenvalue weighted by Crippen LogP contribution is -2.07. The molecule has 0 unspecified atom stereocenters. The van der Waals surface area contributed by atoms with Gasteiger partial charge in [-0.25, -0.2) is 9.97 Å². The molecule has 0 aliphatic rings. The van der Waals surface area contributed by atoms with E-state index in [1.165, 1.54) is 0 Å². The predicted molar refractivity (Wildman–Crippen MR) is 127 cm³/mol. The van der Waals surface area contributed by atoms with Crippen molar-refractivity contribution in [1.82, 2.24) is 18.9 Å². The van der Waals surface area contributed by atoms with Crippen LogP contribution in [0.15, 0.2) is 54.7 Å². The van der Waals surface area contributed by atoms with Crippen LogP contribution in [0.3, 0.4) is 0 Å². The summed E-state index contributed by atoms with van der Waals surface area (Å²) in [6.45, 7) is 4.08. The number of hydrogen-bond donors (Lipinski definition) is 0. The van der Waals surface area contributed by atoms with Gasteiger partial charge in [-0.15, -0.1) is 0 Å². The molecule has 5 aromatic rings. The Hall–Kier alpha value is -3.38. The smallest absolute Gasteiger partial charge is 0.311 e. The molecule has 0 aliphatic carbocycles. The minimum Gasteiger partial charge on any atom is -0.424 e. The third-order valence-electron chi connectivity index (χ3n) is 5.46. The van der Waals surface area contributed by atoms with Crippen LogP contribution < -0.4 is 4.74 Å². The fourth-order valence-corrected chi connectivity index (χ4v) is 4.27. The van der Waals surface area contributed by atoms with E-state index in [1.54, 1.807) is 0 Å². The van der Waals surface area contributed by atoms with E-state index in [0.29, 0.717) is 34.6 Å². The molecule has 0 spiro atoms. The van der Waals surface area contributed by atoms with Crippen molar-refractivity contribution in [2.24, 2.45) is 0 Å². The lowest BCUT2D eigenvalue weighted by Gasteiger charge is -2.09. The second-order valence-corrected chi connectivity index (χ2v) is 8.24. The van der Waals surface area contributed by atoms with Crippen molar-refractivity contribution in [2.75, 3.05) is 0 Å². The molecular formula is C25H23ClN4O2. The van der Waals surface area contributed by atoms with Crippen LogP contribution in [0, 0.1) is 0 Å². The van der Waals surface area contributed by atoms with Gasteiger partial charge in [-0.05, 0) is 43.2 Å². The standard InChI is InChI=1S/C25H23ClN4O2/c1-3-8-21-28-24-23(25-27-18-12-5-6-13-19(18)30(21)25)20(32-22(31)9-4-2)15-29(24)17-11-7-10-16(26)14-17/h5-7,10-15H,3-4,8-9H2,1-2H3. The van der Waals surface area contributed by atoms with E-state index in [-0.39, 0.29) is 5.97 Å². The van der Waals surface area contributed by atoms with Crippen LogP contribution in [-0.4, -0.2) is 24.9 Å². The zero-order valence-electron chi connectivity index (χ0n) is 18.0. The van der Waals surface area contributed by atoms with E-state index in [0.717, 1.165) is 41.0 Å². The SMILES string of the molecule is CCCC(=O)Oc1cn(-c2cccc(Cl)c2)c2nc(CCC)n3c4ccccc4nc3c12. The van der Waals surface area contributed by atoms with Gasteiger partial charge in [0.05, 0.1) is 17.2 Å². The molecular weight excluding hydrogens is 424 g/mol. The predicted octanol–water partition coefficient (Wildman–Crippen LogP) is 6.14. The Kier molecular flexibility index (Phi) is 5.31. The number of rotatable bonds is 6. The summed E-state index contributed by atoms with van der Waals surface area (Å²) in [6.07, 6.45) is 4.60. The Bertz CT molecular complexity index is 1470. The zero-order valence-corrected chi connectivity index (χ0v) is 18.8. The van der Waals surface area contributed by atoms with Crippen molar-refractivity contribution in [3.8, 4) is 11.4 Å². The molecule has 3 aromatic heterocycles. The van der Waals surface area contributed by atoms with Crippen molar-refractivity contribution in [2.45, 2.75) is 39.5 Å². The Morgan fingerprint density at radius 1 is 1.03 bits per heavy atom. The number of carbonyl (C=O) groups is 1. The topological polar surface area (TPSA) is 61.4 Å². The Morgan fingerprint density at radius 2 is 1.88 bits per heavy atom. The van der Waals surface area contributed by atoms with Gasteiger partial charge in [0.25, 0.3) is 0 Å². The zero-order chi connectivity index (χ0) is 22.2. The highest BCUT2D eigenvalue weighted by Crippen LogP contribution is 2.35. The summed E-state index contributed by atoms with van der Waals surface area (Å²) in [5.41, 5.74) is 4.13. The summed E-state index contributed by atoms with van der Waals surface area (Å²) in [4.78, 5) is 22.4. The quantitative estimate of drug-likeness (QED) is 0.294. The number of nitrogens with zero attached hydrogens (tertiary/aromatic N) is 4. The van der Waals surface area contributed by atoms with Crippen LogP contribution in [0.4, 0.5) is 0 Å². The molecule has 162 valence electrons. The number of imidazole rings is 1. The first-order valence-corrected chi connectivity index (χ1v) is 11.3. The molecule has 0 amide bonds. The van der Waals surface area contributed by atoms with Crippen molar-refractivity contribution in [1.29, 1.82) is 0 Å². The average Bonchev–Trinajstić information content (AvgIpc) is 3.33. The number of para-hydroxylation sites is 2. The molecule has 0 N–H and O–H groups in total. The normalized spacial score (nSPS) is 11.6. The highest BCUT2D eigenvalue weighted by atomic mass is 35.5. The van der Waals surface area contributed by atoms with E-state index in [9.17, 15) is 4.79 Å². The van der Waals surface area contributed by atoms with Gasteiger partial charge in [-0.2, -0.15) is 0 Å². The largest absolute Gasteiger partial charge is 0.424 e. The lowest BCUT2D eigenvalue weighted by molar-refractivity contribution is -0.134. The third-order valence-corrected chi connectivity index (χ3v) is 5.70. The second-order valence-electron chi connectivity index (χ2n) is 7.80. The molecule has 0 radical (unpaired) electrons. The first-order valence-electron chi connectivity index (χ1n) is 10.9. The van der Waals surface area contributed by atoms with E-state index in [2.05, 4.69) is 11.3 Å². The first kappa shape index (κ1) is 20.5. The van der Waals surface area contributed by atoms with Crippen LogP contribution in [0.2, 0.25) is 5.02 Å². The molecule has 0 saturated heterocycles. The van der Waals surface area contributed by atoms with Gasteiger partial charge < -0.3 is 4.74 Å².